The third kappa shape index (κ3) is 22.7. The number of amides is 5. The summed E-state index contributed by atoms with van der Waals surface area (Å²) in [6.07, 6.45) is 0.329. The van der Waals surface area contributed by atoms with Gasteiger partial charge in [-0.2, -0.15) is 0 Å². The van der Waals surface area contributed by atoms with E-state index in [1.54, 1.807) is 14.7 Å². The molecule has 2 aromatic rings. The minimum atomic E-state index is -1.63. The van der Waals surface area contributed by atoms with Crippen molar-refractivity contribution in [3.8, 4) is 0 Å². The van der Waals surface area contributed by atoms with E-state index >= 15 is 0 Å². The fourth-order valence-corrected chi connectivity index (χ4v) is 9.04. The van der Waals surface area contributed by atoms with Crippen LogP contribution >= 0.6 is 0 Å². The van der Waals surface area contributed by atoms with Crippen LogP contribution in [0.2, 0.25) is 0 Å². The molecule has 2 aliphatic rings. The zero-order valence-corrected chi connectivity index (χ0v) is 41.6. The lowest BCUT2D eigenvalue weighted by Gasteiger charge is -2.33. The van der Waals surface area contributed by atoms with Gasteiger partial charge in [0.05, 0.1) is 19.6 Å². The monoisotopic (exact) mass is 1040 g/mol. The van der Waals surface area contributed by atoms with E-state index in [1.165, 1.54) is 0 Å². The number of rotatable bonds is 27. The van der Waals surface area contributed by atoms with Gasteiger partial charge in [-0.25, -0.2) is 14.4 Å². The summed E-state index contributed by atoms with van der Waals surface area (Å²) in [7, 11) is 0. The first-order valence-corrected chi connectivity index (χ1v) is 25.0. The Morgan fingerprint density at radius 1 is 0.568 bits per heavy atom. The van der Waals surface area contributed by atoms with E-state index in [0.717, 1.165) is 16.3 Å². The van der Waals surface area contributed by atoms with Crippen LogP contribution in [0.5, 0.6) is 0 Å². The molecule has 0 radical (unpaired) electrons. The molecule has 5 amide bonds. The number of nitrogens with one attached hydrogen (secondary N) is 5. The van der Waals surface area contributed by atoms with Crippen LogP contribution in [0.4, 0.5) is 4.79 Å². The molecule has 2 fully saturated rings. The van der Waals surface area contributed by atoms with Gasteiger partial charge >= 0.3 is 35.9 Å². The van der Waals surface area contributed by atoms with Crippen LogP contribution in [-0.4, -0.2) is 225 Å². The fourth-order valence-electron chi connectivity index (χ4n) is 9.04. The van der Waals surface area contributed by atoms with Crippen LogP contribution in [0.3, 0.4) is 0 Å². The number of hydrogen-bond donors (Lipinski definition) is 12. The second-order valence-electron chi connectivity index (χ2n) is 19.0. The molecule has 25 nitrogen and oxygen atoms in total. The van der Waals surface area contributed by atoms with Crippen molar-refractivity contribution in [3.63, 3.8) is 0 Å². The van der Waals surface area contributed by atoms with Crippen molar-refractivity contribution in [2.75, 3.05) is 91.6 Å². The lowest BCUT2D eigenvalue weighted by Crippen LogP contribution is -2.51. The highest BCUT2D eigenvalue weighted by atomic mass is 16.5. The van der Waals surface area contributed by atoms with E-state index in [0.29, 0.717) is 71.4 Å². The molecule has 1 aliphatic carbocycles. The number of aliphatic carboxylic acids is 5. The van der Waals surface area contributed by atoms with E-state index in [4.69, 9.17) is 5.11 Å². The molecule has 25 heteroatoms. The molecule has 1 saturated carbocycles. The number of β-amino-alcohol motifs (C(OH)–C–C–N with tert-alkyl or cyclic N) is 2. The summed E-state index contributed by atoms with van der Waals surface area (Å²) in [5, 5.41) is 81.3. The van der Waals surface area contributed by atoms with Gasteiger partial charge in [0.25, 0.3) is 0 Å². The summed E-state index contributed by atoms with van der Waals surface area (Å²) in [5.74, 6) is -7.53. The van der Waals surface area contributed by atoms with Crippen molar-refractivity contribution in [2.45, 2.75) is 88.6 Å². The van der Waals surface area contributed by atoms with E-state index < -0.39 is 85.0 Å². The molecule has 3 unspecified atom stereocenters. The highest BCUT2D eigenvalue weighted by molar-refractivity contribution is 5.89. The van der Waals surface area contributed by atoms with Crippen LogP contribution in [0, 0.1) is 11.8 Å². The van der Waals surface area contributed by atoms with Gasteiger partial charge in [-0.3, -0.25) is 48.4 Å². The van der Waals surface area contributed by atoms with Gasteiger partial charge in [-0.05, 0) is 73.6 Å². The SMILES string of the molecule is O=C(O)CCC(NC(=O)NC(CCCCNC(=O)C(Cc1ccc2ccccc2c1)NC(=O)C1CCC(CNC(=O)CN2CCN(CC(=O)O)CCN(CC(=O)O)CCN(CC(O)O)CC2)CC1)C(=O)O)C(=O)O. The van der Waals surface area contributed by atoms with Crippen molar-refractivity contribution in [1.82, 2.24) is 46.2 Å². The Hall–Kier alpha value is -6.51. The number of unbranched alkanes of at least 4 members (excludes halogenated alkanes) is 1. The summed E-state index contributed by atoms with van der Waals surface area (Å²) >= 11 is 0. The molecule has 0 spiro atoms. The summed E-state index contributed by atoms with van der Waals surface area (Å²) < 4.78 is 0. The van der Waals surface area contributed by atoms with Gasteiger partial charge in [0.1, 0.15) is 18.1 Å². The minimum absolute atomic E-state index is 0.00584. The van der Waals surface area contributed by atoms with Gasteiger partial charge in [0.15, 0.2) is 6.29 Å². The van der Waals surface area contributed by atoms with Crippen LogP contribution in [-0.2, 0) is 44.8 Å². The summed E-state index contributed by atoms with van der Waals surface area (Å²) in [4.78, 5) is 118. The Labute approximate surface area is 428 Å². The topological polar surface area (TPSA) is 368 Å². The maximum atomic E-state index is 13.8. The summed E-state index contributed by atoms with van der Waals surface area (Å²) in [6, 6.07) is 8.47. The third-order valence-corrected chi connectivity index (χ3v) is 13.2. The normalized spacial score (nSPS) is 18.9. The van der Waals surface area contributed by atoms with Crippen molar-refractivity contribution in [3.05, 3.63) is 48.0 Å². The van der Waals surface area contributed by atoms with Gasteiger partial charge in [0.2, 0.25) is 17.7 Å². The number of aliphatic hydroxyl groups excluding tert-OH is 1. The Kier molecular flexibility index (Phi) is 25.4. The quantitative estimate of drug-likeness (QED) is 0.0371. The van der Waals surface area contributed by atoms with Gasteiger partial charge < -0.3 is 62.3 Å². The molecule has 3 atom stereocenters. The maximum Gasteiger partial charge on any atom is 0.326 e. The first kappa shape index (κ1) is 60.0. The average molecular weight is 1040 g/mol. The van der Waals surface area contributed by atoms with Crippen LogP contribution in [0.1, 0.15) is 63.4 Å². The fraction of sp³-hybridized carbons (Fsp3) is 0.612. The second kappa shape index (κ2) is 31.3. The predicted molar refractivity (Wildman–Crippen MR) is 266 cm³/mol. The number of nitrogens with zero attached hydrogens (tertiary/aromatic N) is 4. The van der Waals surface area contributed by atoms with Crippen molar-refractivity contribution >= 4 is 64.4 Å². The Bertz CT molecular complexity index is 2210. The van der Waals surface area contributed by atoms with Gasteiger partial charge in [0, 0.05) is 90.8 Å². The first-order valence-electron chi connectivity index (χ1n) is 25.0. The van der Waals surface area contributed by atoms with Crippen molar-refractivity contribution < 1.29 is 78.9 Å². The summed E-state index contributed by atoms with van der Waals surface area (Å²) in [5.41, 5.74) is 0.807. The zero-order valence-electron chi connectivity index (χ0n) is 41.6. The standard InChI is InChI=1S/C49H73N9O16/c59-40(28-55-17-19-56(29-42(62)63)21-23-58(31-44(66)67)24-22-57(20-18-55)30-43(64)65)51-27-32-8-12-35(13-9-32)45(68)52-39(26-33-10-11-34-5-1-2-6-36(34)25-33)46(69)50-16-4-3-7-37(47(70)71)53-49(74)54-38(48(72)73)14-15-41(60)61/h1-2,5-6,10-11,25,32,35,37-39,42,62-63H,3-4,7-9,12-24,26-31H2,(H,50,69)(H,51,59)(H,52,68)(H,60,61)(H,64,65)(H,66,67)(H,70,71)(H,72,73)(H2,53,54,74). The molecule has 74 heavy (non-hydrogen) atoms. The number of hydrogen-bond acceptors (Lipinski definition) is 15. The minimum Gasteiger partial charge on any atom is -0.481 e. The first-order chi connectivity index (χ1) is 35.2. The Balaban J connectivity index is 1.30. The molecule has 0 bridgehead atoms. The number of carboxylic acids is 5. The van der Waals surface area contributed by atoms with Crippen LogP contribution in [0.25, 0.3) is 10.8 Å². The Morgan fingerprint density at radius 2 is 1.11 bits per heavy atom. The van der Waals surface area contributed by atoms with E-state index in [9.17, 15) is 73.8 Å². The smallest absolute Gasteiger partial charge is 0.326 e. The molecule has 410 valence electrons. The Morgan fingerprint density at radius 3 is 1.65 bits per heavy atom. The molecule has 2 aromatic carbocycles. The maximum absolute atomic E-state index is 13.8. The van der Waals surface area contributed by atoms with Crippen LogP contribution < -0.4 is 26.6 Å². The van der Waals surface area contributed by atoms with Crippen molar-refractivity contribution in [1.29, 1.82) is 0 Å². The number of urea groups is 1. The van der Waals surface area contributed by atoms with E-state index in [1.807, 2.05) is 47.4 Å². The zero-order chi connectivity index (χ0) is 54.2. The third-order valence-electron chi connectivity index (χ3n) is 13.2. The van der Waals surface area contributed by atoms with Crippen LogP contribution in [0.15, 0.2) is 42.5 Å². The summed E-state index contributed by atoms with van der Waals surface area (Å²) in [6.45, 7) is 2.28. The number of carbonyl (C=O) groups excluding carboxylic acids is 4. The number of carbonyl (C=O) groups is 9. The second-order valence-corrected chi connectivity index (χ2v) is 19.0. The predicted octanol–water partition coefficient (Wildman–Crippen LogP) is -1.15. The lowest BCUT2D eigenvalue weighted by molar-refractivity contribution is -0.141. The largest absolute Gasteiger partial charge is 0.481 e. The number of fused-ring (bicyclic) bond motifs is 1. The average Bonchev–Trinajstić information content (AvgIpc) is 3.34. The number of carboxylic acid groups (broad SMARTS) is 5. The molecule has 1 aliphatic heterocycles. The number of aliphatic hydroxyl groups is 2. The molecular weight excluding hydrogens is 971 g/mol. The molecule has 1 heterocycles. The van der Waals surface area contributed by atoms with Crippen molar-refractivity contribution in [2.24, 2.45) is 11.8 Å². The lowest BCUT2D eigenvalue weighted by atomic mass is 9.81. The molecule has 12 N–H and O–H groups in total. The van der Waals surface area contributed by atoms with Gasteiger partial charge in [-0.15, -0.1) is 0 Å². The van der Waals surface area contributed by atoms with E-state index in [-0.39, 0.29) is 89.4 Å². The molecular formula is C49H73N9O16. The van der Waals surface area contributed by atoms with Gasteiger partial charge in [-0.1, -0.05) is 42.5 Å². The molecule has 0 aromatic heterocycles. The highest BCUT2D eigenvalue weighted by Gasteiger charge is 2.31. The molecule has 4 rings (SSSR count). The number of benzene rings is 2. The molecule has 1 saturated heterocycles. The highest BCUT2D eigenvalue weighted by Crippen LogP contribution is 2.29. The van der Waals surface area contributed by atoms with E-state index in [2.05, 4.69) is 26.6 Å².